The number of piperazine rings is 1. The lowest BCUT2D eigenvalue weighted by molar-refractivity contribution is 0.0690. The Labute approximate surface area is 183 Å². The van der Waals surface area contributed by atoms with Gasteiger partial charge in [0.2, 0.25) is 5.89 Å². The average molecular weight is 431 g/mol. The summed E-state index contributed by atoms with van der Waals surface area (Å²) in [6.45, 7) is 5.35. The summed E-state index contributed by atoms with van der Waals surface area (Å²) in [6, 6.07) is 8.36. The Kier molecular flexibility index (Phi) is 7.08. The number of amides is 1. The van der Waals surface area contributed by atoms with Crippen LogP contribution in [-0.4, -0.2) is 64.9 Å². The molecule has 0 bridgehead atoms. The average Bonchev–Trinajstić information content (AvgIpc) is 3.25. The van der Waals surface area contributed by atoms with Gasteiger partial charge in [0, 0.05) is 50.8 Å². The molecule has 1 aliphatic carbocycles. The van der Waals surface area contributed by atoms with Crippen molar-refractivity contribution < 1.29 is 9.21 Å². The van der Waals surface area contributed by atoms with Crippen LogP contribution in [0.1, 0.15) is 54.0 Å². The number of nitrogens with zero attached hydrogens (tertiary/aromatic N) is 4. The molecule has 1 saturated heterocycles. The van der Waals surface area contributed by atoms with Crippen LogP contribution in [-0.2, 0) is 13.1 Å². The Hall–Kier alpha value is -1.89. The molecule has 1 saturated carbocycles. The van der Waals surface area contributed by atoms with Crippen molar-refractivity contribution in [3.8, 4) is 0 Å². The van der Waals surface area contributed by atoms with Gasteiger partial charge in [-0.15, -0.1) is 0 Å². The van der Waals surface area contributed by atoms with Crippen LogP contribution in [0, 0.1) is 0 Å². The summed E-state index contributed by atoms with van der Waals surface area (Å²) in [4.78, 5) is 23.9. The summed E-state index contributed by atoms with van der Waals surface area (Å²) in [5, 5.41) is 0.829. The van der Waals surface area contributed by atoms with Gasteiger partial charge in [-0.2, -0.15) is 0 Å². The number of carbonyl (C=O) groups is 1. The minimum atomic E-state index is -0.0264. The lowest BCUT2D eigenvalue weighted by Crippen LogP contribution is -2.45. The van der Waals surface area contributed by atoms with E-state index >= 15 is 0 Å². The quantitative estimate of drug-likeness (QED) is 0.692. The van der Waals surface area contributed by atoms with Crippen molar-refractivity contribution in [2.24, 2.45) is 0 Å². The third kappa shape index (κ3) is 5.23. The Morgan fingerprint density at radius 1 is 1.10 bits per heavy atom. The van der Waals surface area contributed by atoms with Gasteiger partial charge < -0.3 is 9.32 Å². The summed E-state index contributed by atoms with van der Waals surface area (Å²) in [6.07, 6.45) is 7.38. The molecular formula is C23H31ClN4O2. The van der Waals surface area contributed by atoms with Gasteiger partial charge in [0.25, 0.3) is 5.91 Å². The monoisotopic (exact) mass is 430 g/mol. The molecule has 0 atom stereocenters. The van der Waals surface area contributed by atoms with Crippen molar-refractivity contribution in [3.05, 3.63) is 52.7 Å². The third-order valence-corrected chi connectivity index (χ3v) is 6.76. The first-order chi connectivity index (χ1) is 14.6. The molecule has 1 amide bonds. The lowest BCUT2D eigenvalue weighted by atomic mass is 9.94. The number of halogens is 1. The summed E-state index contributed by atoms with van der Waals surface area (Å²) >= 11 is 6.29. The van der Waals surface area contributed by atoms with E-state index in [4.69, 9.17) is 16.0 Å². The Bertz CT molecular complexity index is 841. The van der Waals surface area contributed by atoms with E-state index in [9.17, 15) is 4.79 Å². The van der Waals surface area contributed by atoms with Crippen LogP contribution in [0.25, 0.3) is 0 Å². The molecule has 1 aromatic heterocycles. The molecule has 2 aliphatic rings. The molecule has 2 aromatic rings. The molecule has 0 spiro atoms. The second-order valence-electron chi connectivity index (χ2n) is 8.48. The smallest absolute Gasteiger partial charge is 0.275 e. The third-order valence-electron chi connectivity index (χ3n) is 6.39. The van der Waals surface area contributed by atoms with Crippen LogP contribution >= 0.6 is 11.6 Å². The van der Waals surface area contributed by atoms with Gasteiger partial charge in [0.15, 0.2) is 5.69 Å². The van der Waals surface area contributed by atoms with Gasteiger partial charge in [-0.3, -0.25) is 14.6 Å². The number of carbonyl (C=O) groups excluding carboxylic acids is 1. The molecule has 162 valence electrons. The molecule has 30 heavy (non-hydrogen) atoms. The normalized spacial score (nSPS) is 19.1. The Balaban J connectivity index is 1.26. The van der Waals surface area contributed by atoms with Crippen LogP contribution in [0.2, 0.25) is 5.02 Å². The van der Waals surface area contributed by atoms with Gasteiger partial charge in [-0.25, -0.2) is 4.98 Å². The van der Waals surface area contributed by atoms with Crippen LogP contribution in [0.3, 0.4) is 0 Å². The zero-order chi connectivity index (χ0) is 20.9. The highest BCUT2D eigenvalue weighted by Gasteiger charge is 2.26. The topological polar surface area (TPSA) is 52.8 Å². The number of rotatable bonds is 6. The van der Waals surface area contributed by atoms with Gasteiger partial charge in [-0.05, 0) is 24.5 Å². The maximum atomic E-state index is 12.8. The highest BCUT2D eigenvalue weighted by molar-refractivity contribution is 6.31. The summed E-state index contributed by atoms with van der Waals surface area (Å²) in [7, 11) is 1.89. The fourth-order valence-electron chi connectivity index (χ4n) is 4.46. The second-order valence-corrected chi connectivity index (χ2v) is 8.89. The number of oxazole rings is 1. The Morgan fingerprint density at radius 3 is 2.47 bits per heavy atom. The van der Waals surface area contributed by atoms with Crippen molar-refractivity contribution in [3.63, 3.8) is 0 Å². The second kappa shape index (κ2) is 9.94. The van der Waals surface area contributed by atoms with Crippen LogP contribution < -0.4 is 0 Å². The van der Waals surface area contributed by atoms with E-state index < -0.39 is 0 Å². The summed E-state index contributed by atoms with van der Waals surface area (Å²) < 4.78 is 5.63. The highest BCUT2D eigenvalue weighted by Crippen LogP contribution is 2.23. The summed E-state index contributed by atoms with van der Waals surface area (Å²) in [5.74, 6) is 0.594. The molecule has 0 unspecified atom stereocenters. The van der Waals surface area contributed by atoms with E-state index in [2.05, 4.69) is 20.9 Å². The van der Waals surface area contributed by atoms with Gasteiger partial charge >= 0.3 is 0 Å². The number of hydrogen-bond acceptors (Lipinski definition) is 5. The van der Waals surface area contributed by atoms with Crippen molar-refractivity contribution in [1.29, 1.82) is 0 Å². The first-order valence-electron chi connectivity index (χ1n) is 11.0. The van der Waals surface area contributed by atoms with E-state index in [-0.39, 0.29) is 5.91 Å². The first-order valence-corrected chi connectivity index (χ1v) is 11.4. The fourth-order valence-corrected chi connectivity index (χ4v) is 4.66. The lowest BCUT2D eigenvalue weighted by Gasteiger charge is -2.34. The van der Waals surface area contributed by atoms with Crippen molar-refractivity contribution >= 4 is 17.5 Å². The first kappa shape index (κ1) is 21.3. The number of benzene rings is 1. The molecule has 1 aliphatic heterocycles. The number of aromatic nitrogens is 1. The highest BCUT2D eigenvalue weighted by atomic mass is 35.5. The predicted octanol–water partition coefficient (Wildman–Crippen LogP) is 4.05. The molecule has 1 aromatic carbocycles. The van der Waals surface area contributed by atoms with Gasteiger partial charge in [-0.1, -0.05) is 49.1 Å². The standard InChI is InChI=1S/C23H31ClN4O2/c1-26(19-8-3-2-4-9-19)23(29)21-17-30-22(25-21)16-28-13-11-27(12-14-28)15-18-7-5-6-10-20(18)24/h5-7,10,17,19H,2-4,8-9,11-16H2,1H3. The maximum Gasteiger partial charge on any atom is 0.275 e. The van der Waals surface area contributed by atoms with Crippen molar-refractivity contribution in [1.82, 2.24) is 19.7 Å². The molecule has 0 radical (unpaired) electrons. The van der Waals surface area contributed by atoms with Crippen LogP contribution in [0.4, 0.5) is 0 Å². The Morgan fingerprint density at radius 2 is 1.77 bits per heavy atom. The SMILES string of the molecule is CN(C(=O)c1coc(CN2CCN(Cc3ccccc3Cl)CC2)n1)C1CCCCC1. The molecular weight excluding hydrogens is 400 g/mol. The molecule has 4 rings (SSSR count). The number of hydrogen-bond donors (Lipinski definition) is 0. The maximum absolute atomic E-state index is 12.8. The molecule has 2 heterocycles. The molecule has 2 fully saturated rings. The van der Waals surface area contributed by atoms with E-state index in [1.807, 2.05) is 30.1 Å². The molecule has 6 nitrogen and oxygen atoms in total. The van der Waals surface area contributed by atoms with E-state index in [1.165, 1.54) is 31.1 Å². The van der Waals surface area contributed by atoms with E-state index in [0.717, 1.165) is 50.6 Å². The minimum absolute atomic E-state index is 0.0264. The van der Waals surface area contributed by atoms with Crippen molar-refractivity contribution in [2.75, 3.05) is 33.2 Å². The van der Waals surface area contributed by atoms with Gasteiger partial charge in [0.1, 0.15) is 6.26 Å². The predicted molar refractivity (Wildman–Crippen MR) is 117 cm³/mol. The van der Waals surface area contributed by atoms with Crippen molar-refractivity contribution in [2.45, 2.75) is 51.2 Å². The van der Waals surface area contributed by atoms with Crippen LogP contribution in [0.15, 0.2) is 34.9 Å². The van der Waals surface area contributed by atoms with E-state index in [0.29, 0.717) is 24.2 Å². The zero-order valence-electron chi connectivity index (χ0n) is 17.7. The molecule has 0 N–H and O–H groups in total. The summed E-state index contributed by atoms with van der Waals surface area (Å²) in [5.41, 5.74) is 1.60. The zero-order valence-corrected chi connectivity index (χ0v) is 18.5. The largest absolute Gasteiger partial charge is 0.447 e. The van der Waals surface area contributed by atoms with Crippen LogP contribution in [0.5, 0.6) is 0 Å². The van der Waals surface area contributed by atoms with Gasteiger partial charge in [0.05, 0.1) is 6.54 Å². The van der Waals surface area contributed by atoms with E-state index in [1.54, 1.807) is 0 Å². The minimum Gasteiger partial charge on any atom is -0.447 e. The fraction of sp³-hybridized carbons (Fsp3) is 0.565. The molecule has 7 heteroatoms.